The van der Waals surface area contributed by atoms with Gasteiger partial charge in [-0.2, -0.15) is 0 Å². The Morgan fingerprint density at radius 1 is 1.11 bits per heavy atom. The largest absolute Gasteiger partial charge is 0.493 e. The summed E-state index contributed by atoms with van der Waals surface area (Å²) in [6.45, 7) is 3.78. The first-order valence-electron chi connectivity index (χ1n) is 9.61. The van der Waals surface area contributed by atoms with E-state index in [1.54, 1.807) is 0 Å². The number of piperidine rings is 1. The average molecular weight is 385 g/mol. The van der Waals surface area contributed by atoms with Gasteiger partial charge in [-0.25, -0.2) is 4.79 Å². The van der Waals surface area contributed by atoms with Crippen molar-refractivity contribution in [3.05, 3.63) is 59.7 Å². The van der Waals surface area contributed by atoms with E-state index in [0.717, 1.165) is 23.5 Å². The summed E-state index contributed by atoms with van der Waals surface area (Å²) in [7, 11) is 0. The van der Waals surface area contributed by atoms with Gasteiger partial charge in [-0.3, -0.25) is 0 Å². The van der Waals surface area contributed by atoms with Crippen LogP contribution in [0, 0.1) is 6.92 Å². The molecule has 6 heteroatoms. The number of aliphatic hydroxyl groups is 1. The van der Waals surface area contributed by atoms with Crippen LogP contribution in [0.15, 0.2) is 48.5 Å². The van der Waals surface area contributed by atoms with Crippen molar-refractivity contribution < 1.29 is 24.5 Å². The predicted molar refractivity (Wildman–Crippen MR) is 106 cm³/mol. The number of aryl methyl sites for hydroxylation is 1. The lowest BCUT2D eigenvalue weighted by Crippen LogP contribution is -2.45. The first-order chi connectivity index (χ1) is 13.5. The molecule has 150 valence electrons. The summed E-state index contributed by atoms with van der Waals surface area (Å²) in [4.78, 5) is 12.3. The van der Waals surface area contributed by atoms with Crippen LogP contribution in [-0.4, -0.2) is 53.6 Å². The molecule has 0 bridgehead atoms. The van der Waals surface area contributed by atoms with Crippen LogP contribution in [0.2, 0.25) is 0 Å². The summed E-state index contributed by atoms with van der Waals surface area (Å²) in [6.07, 6.45) is -0.269. The van der Waals surface area contributed by atoms with Crippen molar-refractivity contribution >= 4 is 6.09 Å². The van der Waals surface area contributed by atoms with Gasteiger partial charge in [-0.05, 0) is 48.7 Å². The van der Waals surface area contributed by atoms with E-state index >= 15 is 0 Å². The van der Waals surface area contributed by atoms with Crippen LogP contribution in [-0.2, 0) is 0 Å². The molecule has 0 spiro atoms. The topological polar surface area (TPSA) is 79.2 Å². The number of β-amino-alcohol motifs (C(OH)–C–C–N with tert-alkyl or cyclic N) is 1. The van der Waals surface area contributed by atoms with Crippen LogP contribution >= 0.6 is 0 Å². The molecule has 1 aliphatic rings. The molecule has 3 rings (SSSR count). The van der Waals surface area contributed by atoms with Gasteiger partial charge in [-0.15, -0.1) is 0 Å². The van der Waals surface area contributed by atoms with Gasteiger partial charge in [0.1, 0.15) is 11.5 Å². The molecule has 6 nitrogen and oxygen atoms in total. The molecule has 0 aromatic heterocycles. The Labute approximate surface area is 165 Å². The molecule has 2 aromatic carbocycles. The first-order valence-corrected chi connectivity index (χ1v) is 9.61. The lowest BCUT2D eigenvalue weighted by molar-refractivity contribution is 0.0504. The molecule has 0 radical (unpaired) electrons. The summed E-state index contributed by atoms with van der Waals surface area (Å²) < 4.78 is 11.5. The van der Waals surface area contributed by atoms with Crippen LogP contribution in [0.1, 0.15) is 29.9 Å². The highest BCUT2D eigenvalue weighted by molar-refractivity contribution is 5.65. The number of rotatable bonds is 7. The fourth-order valence-electron chi connectivity index (χ4n) is 3.45. The van der Waals surface area contributed by atoms with Crippen LogP contribution in [0.4, 0.5) is 4.79 Å². The molecule has 2 N–H and O–H groups in total. The second-order valence-corrected chi connectivity index (χ2v) is 7.13. The van der Waals surface area contributed by atoms with Gasteiger partial charge < -0.3 is 24.6 Å². The van der Waals surface area contributed by atoms with Gasteiger partial charge in [0.05, 0.1) is 25.9 Å². The van der Waals surface area contributed by atoms with E-state index in [1.165, 1.54) is 10.5 Å². The predicted octanol–water partition coefficient (Wildman–Crippen LogP) is 3.67. The average Bonchev–Trinajstić information content (AvgIpc) is 2.68. The lowest BCUT2D eigenvalue weighted by atomic mass is 9.87. The summed E-state index contributed by atoms with van der Waals surface area (Å²) in [5.74, 6) is 1.60. The lowest BCUT2D eigenvalue weighted by Gasteiger charge is -2.34. The minimum Gasteiger partial charge on any atom is -0.493 e. The number of amides is 1. The number of benzene rings is 2. The first kappa shape index (κ1) is 20.0. The second-order valence-electron chi connectivity index (χ2n) is 7.13. The Balaban J connectivity index is 1.41. The molecule has 1 heterocycles. The fourth-order valence-corrected chi connectivity index (χ4v) is 3.45. The fraction of sp³-hybridized carbons (Fsp3) is 0.409. The van der Waals surface area contributed by atoms with E-state index in [4.69, 9.17) is 14.6 Å². The Morgan fingerprint density at radius 3 is 2.46 bits per heavy atom. The number of ether oxygens (including phenoxy) is 2. The molecule has 1 saturated heterocycles. The number of carboxylic acid groups (broad SMARTS) is 1. The molecule has 1 amide bonds. The van der Waals surface area contributed by atoms with Crippen molar-refractivity contribution in [1.29, 1.82) is 0 Å². The molecule has 2 unspecified atom stereocenters. The van der Waals surface area contributed by atoms with Gasteiger partial charge in [0, 0.05) is 18.9 Å². The highest BCUT2D eigenvalue weighted by atomic mass is 16.5. The molecule has 0 aliphatic carbocycles. The Bertz CT molecular complexity index is 777. The van der Waals surface area contributed by atoms with E-state index in [1.807, 2.05) is 55.5 Å². The number of aliphatic hydroxyl groups excluding tert-OH is 1. The van der Waals surface area contributed by atoms with Crippen LogP contribution in [0.3, 0.4) is 0 Å². The molecule has 28 heavy (non-hydrogen) atoms. The van der Waals surface area contributed by atoms with Crippen molar-refractivity contribution in [3.63, 3.8) is 0 Å². The summed E-state index contributed by atoms with van der Waals surface area (Å²) in [6, 6.07) is 15.7. The zero-order valence-electron chi connectivity index (χ0n) is 16.1. The van der Waals surface area contributed by atoms with Crippen LogP contribution in [0.25, 0.3) is 0 Å². The van der Waals surface area contributed by atoms with Crippen molar-refractivity contribution in [2.24, 2.45) is 0 Å². The van der Waals surface area contributed by atoms with E-state index in [0.29, 0.717) is 26.2 Å². The van der Waals surface area contributed by atoms with Gasteiger partial charge in [-0.1, -0.05) is 24.3 Å². The zero-order chi connectivity index (χ0) is 19.9. The Hall–Kier alpha value is -2.73. The third kappa shape index (κ3) is 5.39. The van der Waals surface area contributed by atoms with Crippen LogP contribution in [0.5, 0.6) is 11.5 Å². The SMILES string of the molecule is Cc1cccc(OCCCOc2ccc(C3CCN(C(=O)O)CC3O)cc2)c1. The molecular formula is C22H27NO5. The quantitative estimate of drug-likeness (QED) is 0.711. The van der Waals surface area contributed by atoms with E-state index in [9.17, 15) is 9.90 Å². The van der Waals surface area contributed by atoms with Crippen LogP contribution < -0.4 is 9.47 Å². The number of likely N-dealkylation sites (tertiary alicyclic amines) is 1. The van der Waals surface area contributed by atoms with E-state index < -0.39 is 12.2 Å². The van der Waals surface area contributed by atoms with Crippen molar-refractivity contribution in [1.82, 2.24) is 4.90 Å². The van der Waals surface area contributed by atoms with Gasteiger partial charge in [0.15, 0.2) is 0 Å². The molecule has 1 fully saturated rings. The Morgan fingerprint density at radius 2 is 1.82 bits per heavy atom. The molecule has 0 saturated carbocycles. The van der Waals surface area contributed by atoms with Gasteiger partial charge in [0.2, 0.25) is 0 Å². The number of hydrogen-bond acceptors (Lipinski definition) is 4. The normalized spacial score (nSPS) is 19.3. The molecule has 2 aromatic rings. The Kier molecular flexibility index (Phi) is 6.76. The van der Waals surface area contributed by atoms with Gasteiger partial charge in [0.25, 0.3) is 0 Å². The summed E-state index contributed by atoms with van der Waals surface area (Å²) >= 11 is 0. The minimum absolute atomic E-state index is 0.0487. The second kappa shape index (κ2) is 9.46. The number of carbonyl (C=O) groups is 1. The van der Waals surface area contributed by atoms with Crippen molar-refractivity contribution in [2.75, 3.05) is 26.3 Å². The van der Waals surface area contributed by atoms with E-state index in [2.05, 4.69) is 0 Å². The smallest absolute Gasteiger partial charge is 0.407 e. The maximum absolute atomic E-state index is 11.0. The number of hydrogen-bond donors (Lipinski definition) is 2. The molecular weight excluding hydrogens is 358 g/mol. The summed E-state index contributed by atoms with van der Waals surface area (Å²) in [5.41, 5.74) is 2.18. The number of nitrogens with zero attached hydrogens (tertiary/aromatic N) is 1. The molecule has 2 atom stereocenters. The highest BCUT2D eigenvalue weighted by Crippen LogP contribution is 2.29. The standard InChI is InChI=1S/C22H27NO5/c1-16-4-2-5-19(14-16)28-13-3-12-27-18-8-6-17(7-9-18)20-10-11-23(22(25)26)15-21(20)24/h2,4-9,14,20-21,24H,3,10-13,15H2,1H3,(H,25,26). The molecule has 1 aliphatic heterocycles. The van der Waals surface area contributed by atoms with Gasteiger partial charge >= 0.3 is 6.09 Å². The maximum Gasteiger partial charge on any atom is 0.407 e. The zero-order valence-corrected chi connectivity index (χ0v) is 16.1. The highest BCUT2D eigenvalue weighted by Gasteiger charge is 2.30. The maximum atomic E-state index is 11.0. The summed E-state index contributed by atoms with van der Waals surface area (Å²) in [5, 5.41) is 19.3. The van der Waals surface area contributed by atoms with Crippen molar-refractivity contribution in [2.45, 2.75) is 31.8 Å². The van der Waals surface area contributed by atoms with Crippen molar-refractivity contribution in [3.8, 4) is 11.5 Å². The third-order valence-corrected chi connectivity index (χ3v) is 4.98. The monoisotopic (exact) mass is 385 g/mol. The third-order valence-electron chi connectivity index (χ3n) is 4.98. The van der Waals surface area contributed by atoms with E-state index in [-0.39, 0.29) is 12.5 Å². The minimum atomic E-state index is -0.979.